The first-order valence-corrected chi connectivity index (χ1v) is 8.55. The fraction of sp³-hybridized carbons (Fsp3) is 0.800. The van der Waals surface area contributed by atoms with E-state index in [1.165, 1.54) is 36.6 Å². The van der Waals surface area contributed by atoms with Gasteiger partial charge in [0.2, 0.25) is 0 Å². The number of hydrogen-bond acceptors (Lipinski definition) is 5. The lowest BCUT2D eigenvalue weighted by Gasteiger charge is -2.22. The summed E-state index contributed by atoms with van der Waals surface area (Å²) in [5.41, 5.74) is 1.24. The van der Waals surface area contributed by atoms with E-state index in [9.17, 15) is 0 Å². The van der Waals surface area contributed by atoms with Crippen molar-refractivity contribution in [1.29, 1.82) is 0 Å². The zero-order chi connectivity index (χ0) is 14.1. The van der Waals surface area contributed by atoms with Crippen molar-refractivity contribution in [2.45, 2.75) is 44.9 Å². The van der Waals surface area contributed by atoms with Gasteiger partial charge in [-0.05, 0) is 32.9 Å². The van der Waals surface area contributed by atoms with E-state index >= 15 is 0 Å². The van der Waals surface area contributed by atoms with E-state index in [4.69, 9.17) is 4.98 Å². The molecule has 0 aromatic carbocycles. The van der Waals surface area contributed by atoms with Crippen LogP contribution in [0, 0.1) is 5.92 Å². The molecule has 1 N–H and O–H groups in total. The van der Waals surface area contributed by atoms with Crippen molar-refractivity contribution < 1.29 is 0 Å². The third kappa shape index (κ3) is 3.58. The second kappa shape index (κ2) is 6.10. The molecule has 2 fully saturated rings. The van der Waals surface area contributed by atoms with Crippen LogP contribution in [-0.2, 0) is 13.1 Å². The Labute approximate surface area is 126 Å². The van der Waals surface area contributed by atoms with Gasteiger partial charge in [0.05, 0.1) is 5.69 Å². The smallest absolute Gasteiger partial charge is 0.107 e. The highest BCUT2D eigenvalue weighted by atomic mass is 32.1. The van der Waals surface area contributed by atoms with E-state index in [0.717, 1.165) is 25.0 Å². The van der Waals surface area contributed by atoms with E-state index in [1.54, 1.807) is 11.3 Å². The number of thiazole rings is 1. The second-order valence-corrected chi connectivity index (χ2v) is 7.53. The predicted molar refractivity (Wildman–Crippen MR) is 83.9 cm³/mol. The Kier molecular flexibility index (Phi) is 4.40. The molecule has 2 heterocycles. The molecular formula is C15H26N4S. The predicted octanol–water partition coefficient (Wildman–Crippen LogP) is 1.78. The molecule has 1 aromatic rings. The van der Waals surface area contributed by atoms with Gasteiger partial charge < -0.3 is 10.2 Å². The fourth-order valence-corrected chi connectivity index (χ4v) is 3.84. The Bertz CT molecular complexity index is 441. The molecule has 2 unspecified atom stereocenters. The normalized spacial score (nSPS) is 27.6. The first kappa shape index (κ1) is 14.4. The summed E-state index contributed by atoms with van der Waals surface area (Å²) in [5, 5.41) is 7.01. The third-order valence-corrected chi connectivity index (χ3v) is 5.31. The fourth-order valence-electron chi connectivity index (χ4n) is 3.10. The molecule has 0 radical (unpaired) electrons. The Morgan fingerprint density at radius 1 is 1.40 bits per heavy atom. The first-order valence-electron chi connectivity index (χ1n) is 7.67. The number of hydrogen-bond donors (Lipinski definition) is 1. The van der Waals surface area contributed by atoms with Gasteiger partial charge in [-0.1, -0.05) is 6.92 Å². The van der Waals surface area contributed by atoms with Gasteiger partial charge in [0, 0.05) is 43.6 Å². The van der Waals surface area contributed by atoms with Crippen LogP contribution >= 0.6 is 11.3 Å². The van der Waals surface area contributed by atoms with E-state index in [1.807, 2.05) is 0 Å². The van der Waals surface area contributed by atoms with Crippen molar-refractivity contribution in [3.05, 3.63) is 16.1 Å². The van der Waals surface area contributed by atoms with Crippen LogP contribution in [0.15, 0.2) is 5.38 Å². The molecular weight excluding hydrogens is 268 g/mol. The van der Waals surface area contributed by atoms with Crippen LogP contribution in [0.25, 0.3) is 0 Å². The molecule has 4 nitrogen and oxygen atoms in total. The van der Waals surface area contributed by atoms with Crippen molar-refractivity contribution in [2.75, 3.05) is 27.2 Å². The molecule has 1 aliphatic heterocycles. The van der Waals surface area contributed by atoms with Crippen molar-refractivity contribution >= 4 is 11.3 Å². The lowest BCUT2D eigenvalue weighted by molar-refractivity contribution is 0.249. The SMILES string of the molecule is CC1CN(Cc2csc(CNC3CC3)n2)CC1N(C)C. The summed E-state index contributed by atoms with van der Waals surface area (Å²) in [6.07, 6.45) is 2.69. The van der Waals surface area contributed by atoms with Gasteiger partial charge in [0.1, 0.15) is 5.01 Å². The van der Waals surface area contributed by atoms with E-state index in [2.05, 4.69) is 41.5 Å². The standard InChI is InChI=1S/C15H26N4S/c1-11-7-19(9-14(11)18(2)3)8-13-10-20-15(17-13)6-16-12-4-5-12/h10-12,14,16H,4-9H2,1-3H3. The molecule has 3 rings (SSSR count). The molecule has 0 bridgehead atoms. The number of likely N-dealkylation sites (tertiary alicyclic amines) is 1. The first-order chi connectivity index (χ1) is 9.61. The Balaban J connectivity index is 1.50. The molecule has 2 aliphatic rings. The van der Waals surface area contributed by atoms with Crippen LogP contribution in [0.3, 0.4) is 0 Å². The average Bonchev–Trinajstić information content (AvgIpc) is 3.01. The van der Waals surface area contributed by atoms with Gasteiger partial charge >= 0.3 is 0 Å². The maximum absolute atomic E-state index is 4.77. The zero-order valence-electron chi connectivity index (χ0n) is 12.8. The van der Waals surface area contributed by atoms with Crippen LogP contribution < -0.4 is 5.32 Å². The maximum atomic E-state index is 4.77. The Hall–Kier alpha value is -0.490. The summed E-state index contributed by atoms with van der Waals surface area (Å²) in [6.45, 7) is 6.68. The number of nitrogens with one attached hydrogen (secondary N) is 1. The minimum atomic E-state index is 0.685. The molecule has 0 spiro atoms. The summed E-state index contributed by atoms with van der Waals surface area (Å²) < 4.78 is 0. The molecule has 5 heteroatoms. The number of rotatable bonds is 6. The van der Waals surface area contributed by atoms with Crippen LogP contribution in [0.2, 0.25) is 0 Å². The van der Waals surface area contributed by atoms with Gasteiger partial charge in [-0.3, -0.25) is 4.90 Å². The monoisotopic (exact) mass is 294 g/mol. The topological polar surface area (TPSA) is 31.4 Å². The van der Waals surface area contributed by atoms with Crippen molar-refractivity contribution in [3.8, 4) is 0 Å². The van der Waals surface area contributed by atoms with E-state index in [0.29, 0.717) is 6.04 Å². The number of nitrogens with zero attached hydrogens (tertiary/aromatic N) is 3. The lowest BCUT2D eigenvalue weighted by Crippen LogP contribution is -2.34. The molecule has 112 valence electrons. The lowest BCUT2D eigenvalue weighted by atomic mass is 10.1. The molecule has 20 heavy (non-hydrogen) atoms. The molecule has 1 saturated carbocycles. The largest absolute Gasteiger partial charge is 0.308 e. The summed E-state index contributed by atoms with van der Waals surface area (Å²) in [4.78, 5) is 9.67. The van der Waals surface area contributed by atoms with E-state index < -0.39 is 0 Å². The number of aromatic nitrogens is 1. The molecule has 1 aliphatic carbocycles. The molecule has 1 saturated heterocycles. The maximum Gasteiger partial charge on any atom is 0.107 e. The van der Waals surface area contributed by atoms with Crippen LogP contribution in [0.1, 0.15) is 30.5 Å². The van der Waals surface area contributed by atoms with Crippen LogP contribution in [0.4, 0.5) is 0 Å². The van der Waals surface area contributed by atoms with Gasteiger partial charge in [-0.2, -0.15) is 0 Å². The van der Waals surface area contributed by atoms with E-state index in [-0.39, 0.29) is 0 Å². The summed E-state index contributed by atoms with van der Waals surface area (Å²) in [7, 11) is 4.38. The van der Waals surface area contributed by atoms with Crippen molar-refractivity contribution in [3.63, 3.8) is 0 Å². The van der Waals surface area contributed by atoms with Gasteiger partial charge in [0.25, 0.3) is 0 Å². The second-order valence-electron chi connectivity index (χ2n) is 6.59. The third-order valence-electron chi connectivity index (χ3n) is 4.42. The van der Waals surface area contributed by atoms with Gasteiger partial charge in [-0.25, -0.2) is 4.98 Å². The Morgan fingerprint density at radius 3 is 2.85 bits per heavy atom. The Morgan fingerprint density at radius 2 is 2.20 bits per heavy atom. The quantitative estimate of drug-likeness (QED) is 0.866. The summed E-state index contributed by atoms with van der Waals surface area (Å²) in [6, 6.07) is 1.45. The molecule has 0 amide bonds. The number of likely N-dealkylation sites (N-methyl/N-ethyl adjacent to an activating group) is 1. The highest BCUT2D eigenvalue weighted by molar-refractivity contribution is 7.09. The highest BCUT2D eigenvalue weighted by Crippen LogP contribution is 2.23. The van der Waals surface area contributed by atoms with Crippen LogP contribution in [0.5, 0.6) is 0 Å². The summed E-state index contributed by atoms with van der Waals surface area (Å²) in [5.74, 6) is 0.750. The highest BCUT2D eigenvalue weighted by Gasteiger charge is 2.31. The minimum absolute atomic E-state index is 0.685. The van der Waals surface area contributed by atoms with Crippen LogP contribution in [-0.4, -0.2) is 54.1 Å². The van der Waals surface area contributed by atoms with Crippen molar-refractivity contribution in [1.82, 2.24) is 20.1 Å². The minimum Gasteiger partial charge on any atom is -0.308 e. The average molecular weight is 294 g/mol. The molecule has 1 aromatic heterocycles. The zero-order valence-corrected chi connectivity index (χ0v) is 13.6. The molecule has 2 atom stereocenters. The van der Waals surface area contributed by atoms with Gasteiger partial charge in [-0.15, -0.1) is 11.3 Å². The van der Waals surface area contributed by atoms with Gasteiger partial charge in [0.15, 0.2) is 0 Å². The summed E-state index contributed by atoms with van der Waals surface area (Å²) >= 11 is 1.80. The van der Waals surface area contributed by atoms with Crippen molar-refractivity contribution in [2.24, 2.45) is 5.92 Å².